The minimum absolute atomic E-state index is 0.0678. The molecule has 0 aromatic carbocycles. The van der Waals surface area contributed by atoms with Crippen molar-refractivity contribution in [3.8, 4) is 0 Å². The Morgan fingerprint density at radius 2 is 1.84 bits per heavy atom. The van der Waals surface area contributed by atoms with Crippen molar-refractivity contribution >= 4 is 23.6 Å². The van der Waals surface area contributed by atoms with Gasteiger partial charge in [0, 0.05) is 6.04 Å². The third kappa shape index (κ3) is 9.82. The van der Waals surface area contributed by atoms with Crippen LogP contribution in [0.5, 0.6) is 0 Å². The Kier molecular flexibility index (Phi) is 9.74. The van der Waals surface area contributed by atoms with Gasteiger partial charge < -0.3 is 10.4 Å². The van der Waals surface area contributed by atoms with E-state index >= 15 is 0 Å². The van der Waals surface area contributed by atoms with E-state index in [1.807, 2.05) is 13.8 Å². The smallest absolute Gasteiger partial charge is 0.316 e. The first-order valence-corrected chi connectivity index (χ1v) is 8.05. The molecule has 5 heteroatoms. The number of nitrogens with one attached hydrogen (secondary N) is 1. The van der Waals surface area contributed by atoms with Gasteiger partial charge in [-0.2, -0.15) is 0 Å². The van der Waals surface area contributed by atoms with E-state index in [9.17, 15) is 9.59 Å². The molecule has 0 rings (SSSR count). The lowest BCUT2D eigenvalue weighted by atomic mass is 10.0. The highest BCUT2D eigenvalue weighted by Gasteiger charge is 2.17. The minimum Gasteiger partial charge on any atom is -0.480 e. The zero-order valence-corrected chi connectivity index (χ0v) is 13.3. The summed E-state index contributed by atoms with van der Waals surface area (Å²) >= 11 is 1.20. The normalized spacial score (nSPS) is 14.2. The van der Waals surface area contributed by atoms with E-state index in [2.05, 4.69) is 19.2 Å². The number of hydrogen-bond acceptors (Lipinski definition) is 3. The van der Waals surface area contributed by atoms with Crippen LogP contribution in [0.25, 0.3) is 0 Å². The maximum absolute atomic E-state index is 11.7. The first-order chi connectivity index (χ1) is 8.86. The molecule has 2 N–H and O–H groups in total. The fourth-order valence-corrected chi connectivity index (χ4v) is 2.58. The number of thioether (sulfide) groups is 1. The summed E-state index contributed by atoms with van der Waals surface area (Å²) in [6.45, 7) is 8.20. The maximum atomic E-state index is 11.7. The molecule has 0 aliphatic rings. The first kappa shape index (κ1) is 18.3. The first-order valence-electron chi connectivity index (χ1n) is 7.00. The average molecular weight is 289 g/mol. The molecule has 0 aromatic heterocycles. The molecular weight excluding hydrogens is 262 g/mol. The van der Waals surface area contributed by atoms with Gasteiger partial charge in [-0.05, 0) is 25.7 Å². The van der Waals surface area contributed by atoms with Gasteiger partial charge in [0.25, 0.3) is 0 Å². The molecule has 1 amide bonds. The molecule has 0 saturated carbocycles. The molecule has 0 fully saturated rings. The summed E-state index contributed by atoms with van der Waals surface area (Å²) in [6, 6.07) is 0.164. The highest BCUT2D eigenvalue weighted by atomic mass is 32.2. The molecule has 0 aromatic rings. The topological polar surface area (TPSA) is 66.4 Å². The van der Waals surface area contributed by atoms with Crippen molar-refractivity contribution in [2.75, 3.05) is 5.75 Å². The second-order valence-electron chi connectivity index (χ2n) is 5.34. The van der Waals surface area contributed by atoms with E-state index in [0.29, 0.717) is 12.3 Å². The quantitative estimate of drug-likeness (QED) is 0.649. The molecule has 2 atom stereocenters. The average Bonchev–Trinajstić information content (AvgIpc) is 2.28. The summed E-state index contributed by atoms with van der Waals surface area (Å²) in [5, 5.41) is 11.3. The Labute approximate surface area is 120 Å². The van der Waals surface area contributed by atoms with Crippen molar-refractivity contribution < 1.29 is 14.7 Å². The van der Waals surface area contributed by atoms with Crippen LogP contribution in [0.1, 0.15) is 53.4 Å². The molecule has 0 radical (unpaired) electrons. The molecule has 19 heavy (non-hydrogen) atoms. The van der Waals surface area contributed by atoms with Crippen molar-refractivity contribution in [1.29, 1.82) is 0 Å². The SMILES string of the molecule is CCC(SCC(=O)NC(C)CCCC(C)C)C(=O)O. The summed E-state index contributed by atoms with van der Waals surface area (Å²) in [4.78, 5) is 22.5. The van der Waals surface area contributed by atoms with Gasteiger partial charge in [0.05, 0.1) is 5.75 Å². The van der Waals surface area contributed by atoms with E-state index in [-0.39, 0.29) is 17.7 Å². The van der Waals surface area contributed by atoms with Crippen molar-refractivity contribution in [1.82, 2.24) is 5.32 Å². The molecule has 4 nitrogen and oxygen atoms in total. The van der Waals surface area contributed by atoms with Crippen LogP contribution in [-0.2, 0) is 9.59 Å². The van der Waals surface area contributed by atoms with Gasteiger partial charge in [0.15, 0.2) is 0 Å². The van der Waals surface area contributed by atoms with Crippen molar-refractivity contribution in [2.24, 2.45) is 5.92 Å². The number of hydrogen-bond donors (Lipinski definition) is 2. The minimum atomic E-state index is -0.842. The zero-order valence-electron chi connectivity index (χ0n) is 12.4. The van der Waals surface area contributed by atoms with Gasteiger partial charge in [0.1, 0.15) is 5.25 Å². The standard InChI is InChI=1S/C14H27NO3S/c1-5-12(14(17)18)19-9-13(16)15-11(4)8-6-7-10(2)3/h10-12H,5-9H2,1-4H3,(H,15,16)(H,17,18). The maximum Gasteiger partial charge on any atom is 0.316 e. The van der Waals surface area contributed by atoms with Crippen LogP contribution in [0.4, 0.5) is 0 Å². The third-order valence-corrected chi connectivity index (χ3v) is 4.25. The number of amides is 1. The predicted octanol–water partition coefficient (Wildman–Crippen LogP) is 2.91. The zero-order chi connectivity index (χ0) is 14.8. The predicted molar refractivity (Wildman–Crippen MR) is 80.5 cm³/mol. The Hall–Kier alpha value is -0.710. The van der Waals surface area contributed by atoms with Crippen LogP contribution in [0.2, 0.25) is 0 Å². The number of rotatable bonds is 10. The highest BCUT2D eigenvalue weighted by Crippen LogP contribution is 2.14. The molecular formula is C14H27NO3S. The summed E-state index contributed by atoms with van der Waals surface area (Å²) in [5.41, 5.74) is 0. The molecule has 0 spiro atoms. The molecule has 0 aliphatic carbocycles. The van der Waals surface area contributed by atoms with Gasteiger partial charge in [-0.25, -0.2) is 0 Å². The number of carboxylic acid groups (broad SMARTS) is 1. The van der Waals surface area contributed by atoms with Crippen molar-refractivity contribution in [3.05, 3.63) is 0 Å². The van der Waals surface area contributed by atoms with Crippen molar-refractivity contribution in [2.45, 2.75) is 64.7 Å². The van der Waals surface area contributed by atoms with Gasteiger partial charge in [-0.3, -0.25) is 9.59 Å². The molecule has 0 bridgehead atoms. The lowest BCUT2D eigenvalue weighted by Gasteiger charge is -2.15. The van der Waals surface area contributed by atoms with Gasteiger partial charge in [-0.15, -0.1) is 11.8 Å². The second-order valence-corrected chi connectivity index (χ2v) is 6.53. The molecule has 112 valence electrons. The van der Waals surface area contributed by atoms with Crippen LogP contribution in [-0.4, -0.2) is 34.0 Å². The molecule has 2 unspecified atom stereocenters. The lowest BCUT2D eigenvalue weighted by Crippen LogP contribution is -2.34. The van der Waals surface area contributed by atoms with Gasteiger partial charge >= 0.3 is 5.97 Å². The van der Waals surface area contributed by atoms with E-state index in [1.165, 1.54) is 18.2 Å². The van der Waals surface area contributed by atoms with Crippen LogP contribution in [0.3, 0.4) is 0 Å². The Morgan fingerprint density at radius 3 is 2.32 bits per heavy atom. The number of carbonyl (C=O) groups is 2. The van der Waals surface area contributed by atoms with Crippen LogP contribution in [0, 0.1) is 5.92 Å². The number of carboxylic acids is 1. The summed E-state index contributed by atoms with van der Waals surface area (Å²) in [6.07, 6.45) is 3.80. The van der Waals surface area contributed by atoms with Gasteiger partial charge in [0.2, 0.25) is 5.91 Å². The largest absolute Gasteiger partial charge is 0.480 e. The Morgan fingerprint density at radius 1 is 1.21 bits per heavy atom. The van der Waals surface area contributed by atoms with E-state index in [4.69, 9.17) is 5.11 Å². The Balaban J connectivity index is 3.81. The van der Waals surface area contributed by atoms with E-state index in [1.54, 1.807) is 0 Å². The summed E-state index contributed by atoms with van der Waals surface area (Å²) in [5.74, 6) is 0.00523. The molecule has 0 heterocycles. The van der Waals surface area contributed by atoms with Crippen LogP contribution in [0.15, 0.2) is 0 Å². The molecule has 0 aliphatic heterocycles. The van der Waals surface area contributed by atoms with Crippen LogP contribution < -0.4 is 5.32 Å². The Bertz CT molecular complexity index is 282. The fourth-order valence-electron chi connectivity index (χ4n) is 1.76. The monoisotopic (exact) mass is 289 g/mol. The van der Waals surface area contributed by atoms with Gasteiger partial charge in [-0.1, -0.05) is 33.6 Å². The third-order valence-electron chi connectivity index (χ3n) is 2.89. The summed E-state index contributed by atoms with van der Waals surface area (Å²) in [7, 11) is 0. The number of carbonyl (C=O) groups excluding carboxylic acids is 1. The molecule has 0 saturated heterocycles. The van der Waals surface area contributed by atoms with E-state index in [0.717, 1.165) is 12.8 Å². The van der Waals surface area contributed by atoms with E-state index < -0.39 is 11.2 Å². The second kappa shape index (κ2) is 10.1. The fraction of sp³-hybridized carbons (Fsp3) is 0.857. The van der Waals surface area contributed by atoms with Crippen molar-refractivity contribution in [3.63, 3.8) is 0 Å². The summed E-state index contributed by atoms with van der Waals surface area (Å²) < 4.78 is 0. The number of aliphatic carboxylic acids is 1. The van der Waals surface area contributed by atoms with Crippen LogP contribution >= 0.6 is 11.8 Å². The lowest BCUT2D eigenvalue weighted by molar-refractivity contribution is -0.136. The highest BCUT2D eigenvalue weighted by molar-refractivity contribution is 8.01.